The molecule has 0 radical (unpaired) electrons. The fourth-order valence-corrected chi connectivity index (χ4v) is 4.47. The third-order valence-corrected chi connectivity index (χ3v) is 6.05. The molecule has 1 N–H and O–H groups in total. The summed E-state index contributed by atoms with van der Waals surface area (Å²) in [6.07, 6.45) is 1.62. The Hall–Kier alpha value is -4.25. The third-order valence-electron chi connectivity index (χ3n) is 6.05. The van der Waals surface area contributed by atoms with Crippen molar-refractivity contribution >= 4 is 33.9 Å². The van der Waals surface area contributed by atoms with Gasteiger partial charge in [0.25, 0.3) is 11.7 Å². The summed E-state index contributed by atoms with van der Waals surface area (Å²) in [5.41, 5.74) is 3.57. The number of carbonyl (C=O) groups excluding carboxylic acids is 2. The summed E-state index contributed by atoms with van der Waals surface area (Å²) in [7, 11) is 0. The number of benzene rings is 3. The molecule has 0 saturated carbocycles. The van der Waals surface area contributed by atoms with Crippen LogP contribution in [0.4, 0.5) is 5.69 Å². The van der Waals surface area contributed by atoms with Gasteiger partial charge in [0.1, 0.15) is 11.8 Å². The molecule has 1 aromatic heterocycles. The maximum atomic E-state index is 13.3. The first-order valence-corrected chi connectivity index (χ1v) is 10.7. The summed E-state index contributed by atoms with van der Waals surface area (Å²) in [5, 5.41) is 13.3. The van der Waals surface area contributed by atoms with Crippen LogP contribution >= 0.6 is 0 Å². The van der Waals surface area contributed by atoms with E-state index in [9.17, 15) is 14.7 Å². The molecule has 1 saturated heterocycles. The van der Waals surface area contributed by atoms with Crippen LogP contribution < -0.4 is 4.90 Å². The number of aliphatic hydroxyl groups excluding tert-OH is 1. The smallest absolute Gasteiger partial charge is 0.300 e. The lowest BCUT2D eigenvalue weighted by Gasteiger charge is -2.26. The second-order valence-electron chi connectivity index (χ2n) is 8.28. The minimum atomic E-state index is -0.834. The van der Waals surface area contributed by atoms with Crippen molar-refractivity contribution in [3.8, 4) is 0 Å². The molecule has 5 heteroatoms. The molecule has 3 aromatic carbocycles. The Morgan fingerprint density at radius 2 is 1.64 bits per heavy atom. The third kappa shape index (κ3) is 3.48. The Morgan fingerprint density at radius 3 is 2.36 bits per heavy atom. The minimum absolute atomic E-state index is 0.0361. The highest BCUT2D eigenvalue weighted by Crippen LogP contribution is 2.42. The first-order valence-electron chi connectivity index (χ1n) is 10.7. The van der Waals surface area contributed by atoms with E-state index in [1.807, 2.05) is 68.4 Å². The van der Waals surface area contributed by atoms with Gasteiger partial charge in [0.2, 0.25) is 0 Å². The summed E-state index contributed by atoms with van der Waals surface area (Å²) in [5.74, 6) is -1.61. The van der Waals surface area contributed by atoms with Gasteiger partial charge in [-0.2, -0.15) is 0 Å². The second kappa shape index (κ2) is 8.02. The number of rotatable bonds is 3. The molecular weight excluding hydrogens is 412 g/mol. The van der Waals surface area contributed by atoms with E-state index in [1.165, 1.54) is 4.90 Å². The average molecular weight is 434 g/mol. The van der Waals surface area contributed by atoms with Crippen LogP contribution in [0.1, 0.15) is 28.4 Å². The number of aryl methyl sites for hydroxylation is 2. The minimum Gasteiger partial charge on any atom is -0.507 e. The molecule has 0 spiro atoms. The highest BCUT2D eigenvalue weighted by atomic mass is 16.3. The Labute approximate surface area is 191 Å². The Balaban J connectivity index is 1.74. The average Bonchev–Trinajstić information content (AvgIpc) is 3.09. The molecule has 5 rings (SSSR count). The van der Waals surface area contributed by atoms with E-state index < -0.39 is 17.7 Å². The summed E-state index contributed by atoms with van der Waals surface area (Å²) >= 11 is 0. The fourth-order valence-electron chi connectivity index (χ4n) is 4.47. The van der Waals surface area contributed by atoms with Crippen LogP contribution in [-0.4, -0.2) is 21.8 Å². The predicted molar refractivity (Wildman–Crippen MR) is 129 cm³/mol. The summed E-state index contributed by atoms with van der Waals surface area (Å²) in [6, 6.07) is 23.5. The molecule has 1 aliphatic heterocycles. The van der Waals surface area contributed by atoms with Gasteiger partial charge < -0.3 is 5.11 Å². The van der Waals surface area contributed by atoms with Gasteiger partial charge >= 0.3 is 0 Å². The van der Waals surface area contributed by atoms with Gasteiger partial charge in [0.05, 0.1) is 11.3 Å². The Morgan fingerprint density at radius 1 is 0.879 bits per heavy atom. The van der Waals surface area contributed by atoms with Gasteiger partial charge in [0.15, 0.2) is 0 Å². The topological polar surface area (TPSA) is 70.5 Å². The van der Waals surface area contributed by atoms with E-state index in [0.717, 1.165) is 21.9 Å². The standard InChI is InChI=1S/C28H22N2O3/c1-17-10-13-23(18(2)15-17)30-25(22-9-5-6-14-29-22)24(27(32)28(30)33)26(31)21-12-11-19-7-3-4-8-20(19)16-21/h3-16,25,31H,1-2H3/b26-24-. The van der Waals surface area contributed by atoms with Crippen molar-refractivity contribution in [2.75, 3.05) is 4.90 Å². The molecule has 1 amide bonds. The maximum absolute atomic E-state index is 13.3. The van der Waals surface area contributed by atoms with E-state index in [2.05, 4.69) is 4.98 Å². The number of aromatic nitrogens is 1. The number of fused-ring (bicyclic) bond motifs is 1. The van der Waals surface area contributed by atoms with Crippen LogP contribution in [0.2, 0.25) is 0 Å². The first kappa shape index (κ1) is 20.6. The van der Waals surface area contributed by atoms with E-state index in [-0.39, 0.29) is 11.3 Å². The number of hydrogen-bond acceptors (Lipinski definition) is 4. The van der Waals surface area contributed by atoms with Crippen molar-refractivity contribution in [3.63, 3.8) is 0 Å². The number of ketones is 1. The van der Waals surface area contributed by atoms with E-state index in [4.69, 9.17) is 0 Å². The van der Waals surface area contributed by atoms with Crippen molar-refractivity contribution in [2.24, 2.45) is 0 Å². The zero-order chi connectivity index (χ0) is 23.1. The van der Waals surface area contributed by atoms with E-state index >= 15 is 0 Å². The molecule has 0 bridgehead atoms. The fraction of sp³-hybridized carbons (Fsp3) is 0.107. The molecule has 1 aliphatic rings. The van der Waals surface area contributed by atoms with Crippen molar-refractivity contribution in [3.05, 3.63) is 113 Å². The molecule has 1 fully saturated rings. The van der Waals surface area contributed by atoms with Crippen LogP contribution in [0.3, 0.4) is 0 Å². The number of pyridine rings is 1. The number of carbonyl (C=O) groups is 2. The normalized spacial score (nSPS) is 17.6. The molecule has 5 nitrogen and oxygen atoms in total. The number of anilines is 1. The van der Waals surface area contributed by atoms with Crippen LogP contribution in [0.15, 0.2) is 90.6 Å². The lowest BCUT2D eigenvalue weighted by molar-refractivity contribution is -0.132. The number of amides is 1. The maximum Gasteiger partial charge on any atom is 0.300 e. The molecule has 33 heavy (non-hydrogen) atoms. The van der Waals surface area contributed by atoms with Crippen molar-refractivity contribution < 1.29 is 14.7 Å². The van der Waals surface area contributed by atoms with Crippen molar-refractivity contribution in [1.82, 2.24) is 4.98 Å². The lowest BCUT2D eigenvalue weighted by Crippen LogP contribution is -2.30. The van der Waals surface area contributed by atoms with E-state index in [0.29, 0.717) is 16.9 Å². The molecule has 1 atom stereocenters. The zero-order valence-electron chi connectivity index (χ0n) is 18.3. The van der Waals surface area contributed by atoms with Gasteiger partial charge in [0, 0.05) is 17.4 Å². The van der Waals surface area contributed by atoms with Crippen molar-refractivity contribution in [2.45, 2.75) is 19.9 Å². The van der Waals surface area contributed by atoms with Crippen LogP contribution in [0, 0.1) is 13.8 Å². The second-order valence-corrected chi connectivity index (χ2v) is 8.28. The Bertz CT molecular complexity index is 1440. The molecule has 1 unspecified atom stereocenters. The highest BCUT2D eigenvalue weighted by Gasteiger charge is 2.48. The quantitative estimate of drug-likeness (QED) is 0.263. The summed E-state index contributed by atoms with van der Waals surface area (Å²) in [6.45, 7) is 3.88. The molecule has 2 heterocycles. The summed E-state index contributed by atoms with van der Waals surface area (Å²) in [4.78, 5) is 32.5. The lowest BCUT2D eigenvalue weighted by atomic mass is 9.96. The molecule has 0 aliphatic carbocycles. The zero-order valence-corrected chi connectivity index (χ0v) is 18.3. The van der Waals surface area contributed by atoms with E-state index in [1.54, 1.807) is 30.5 Å². The first-order chi connectivity index (χ1) is 16.0. The van der Waals surface area contributed by atoms with Gasteiger partial charge in [-0.15, -0.1) is 0 Å². The number of hydrogen-bond donors (Lipinski definition) is 1. The van der Waals surface area contributed by atoms with Gasteiger partial charge in [-0.25, -0.2) is 0 Å². The highest BCUT2D eigenvalue weighted by molar-refractivity contribution is 6.51. The number of aliphatic hydroxyl groups is 1. The molecule has 162 valence electrons. The SMILES string of the molecule is Cc1ccc(N2C(=O)C(=O)/C(=C(\O)c3ccc4ccccc4c3)C2c2ccccn2)c(C)c1. The number of nitrogens with zero attached hydrogens (tertiary/aromatic N) is 2. The van der Waals surface area contributed by atoms with Gasteiger partial charge in [-0.05, 0) is 54.4 Å². The largest absolute Gasteiger partial charge is 0.507 e. The Kier molecular flexibility index (Phi) is 5.02. The summed E-state index contributed by atoms with van der Waals surface area (Å²) < 4.78 is 0. The predicted octanol–water partition coefficient (Wildman–Crippen LogP) is 5.48. The molecular formula is C28H22N2O3. The molecule has 4 aromatic rings. The van der Waals surface area contributed by atoms with Gasteiger partial charge in [-0.3, -0.25) is 19.5 Å². The van der Waals surface area contributed by atoms with Crippen LogP contribution in [-0.2, 0) is 9.59 Å². The van der Waals surface area contributed by atoms with Crippen molar-refractivity contribution in [1.29, 1.82) is 0 Å². The monoisotopic (exact) mass is 434 g/mol. The van der Waals surface area contributed by atoms with Crippen LogP contribution in [0.25, 0.3) is 16.5 Å². The number of Topliss-reactive ketones (excluding diaryl/α,β-unsaturated/α-hetero) is 1. The van der Waals surface area contributed by atoms with Gasteiger partial charge in [-0.1, -0.05) is 60.2 Å². The van der Waals surface area contributed by atoms with Crippen LogP contribution in [0.5, 0.6) is 0 Å².